The van der Waals surface area contributed by atoms with Crippen molar-refractivity contribution < 1.29 is 5.32 Å². The summed E-state index contributed by atoms with van der Waals surface area (Å²) in [6.07, 6.45) is 0.109. The van der Waals surface area contributed by atoms with Gasteiger partial charge in [0.1, 0.15) is 11.4 Å². The van der Waals surface area contributed by atoms with Crippen molar-refractivity contribution in [3.05, 3.63) is 169 Å². The summed E-state index contributed by atoms with van der Waals surface area (Å²) in [7, 11) is 0. The highest BCUT2D eigenvalue weighted by atomic mass is 15.2. The largest absolute Gasteiger partial charge is 0.287 e. The lowest BCUT2D eigenvalue weighted by atomic mass is 9.95. The Morgan fingerprint density at radius 3 is 1.82 bits per heavy atom. The van der Waals surface area contributed by atoms with E-state index in [0.29, 0.717) is 0 Å². The number of nitrogens with two attached hydrogens (primary N) is 1. The van der Waals surface area contributed by atoms with E-state index in [4.69, 9.17) is 4.99 Å². The van der Waals surface area contributed by atoms with E-state index >= 15 is 0 Å². The van der Waals surface area contributed by atoms with Crippen LogP contribution in [0.1, 0.15) is 11.7 Å². The molecule has 228 valence electrons. The molecule has 2 N–H and O–H groups in total. The predicted molar refractivity (Wildman–Crippen MR) is 204 cm³/mol. The lowest BCUT2D eigenvalue weighted by Gasteiger charge is -2.20. The number of fused-ring (bicyclic) bond motifs is 9. The Morgan fingerprint density at radius 1 is 0.449 bits per heavy atom. The third-order valence-corrected chi connectivity index (χ3v) is 10.6. The molecule has 8 aromatic carbocycles. The van der Waals surface area contributed by atoms with Crippen LogP contribution in [0.5, 0.6) is 0 Å². The third kappa shape index (κ3) is 4.03. The summed E-state index contributed by atoms with van der Waals surface area (Å²) in [6.45, 7) is 0. The van der Waals surface area contributed by atoms with E-state index in [-0.39, 0.29) is 6.17 Å². The fourth-order valence-electron chi connectivity index (χ4n) is 8.22. The van der Waals surface area contributed by atoms with Crippen molar-refractivity contribution in [2.24, 2.45) is 4.99 Å². The van der Waals surface area contributed by atoms with Crippen LogP contribution in [0.2, 0.25) is 0 Å². The van der Waals surface area contributed by atoms with Crippen molar-refractivity contribution in [2.75, 3.05) is 0 Å². The van der Waals surface area contributed by atoms with E-state index in [1.807, 2.05) is 0 Å². The molecule has 0 fully saturated rings. The molecule has 0 bridgehead atoms. The molecule has 0 saturated heterocycles. The summed E-state index contributed by atoms with van der Waals surface area (Å²) in [5.41, 5.74) is 14.6. The second-order valence-corrected chi connectivity index (χ2v) is 13.4. The molecular formula is C46H30N3+. The minimum atomic E-state index is 0.109. The molecular weight excluding hydrogens is 595 g/mol. The fraction of sp³-hybridized carbons (Fsp3) is 0.0217. The number of aliphatic imine (C=N–C) groups is 1. The Bertz CT molecular complexity index is 2870. The van der Waals surface area contributed by atoms with Crippen LogP contribution >= 0.6 is 0 Å². The SMILES string of the molecule is c1cc(-c2ccc3cc(-c4ccc5ccccc5c4)ccc3c2)cc(-c2ccc3c(c2)c2cccc4c2n3C2[NH2+]c3ccccc3N=C42)c1. The van der Waals surface area contributed by atoms with E-state index in [0.717, 1.165) is 11.4 Å². The molecule has 49 heavy (non-hydrogen) atoms. The number of hydrogen-bond donors (Lipinski definition) is 1. The second kappa shape index (κ2) is 10.1. The zero-order valence-electron chi connectivity index (χ0n) is 26.6. The van der Waals surface area contributed by atoms with Gasteiger partial charge in [-0.1, -0.05) is 115 Å². The minimum Gasteiger partial charge on any atom is -0.287 e. The summed E-state index contributed by atoms with van der Waals surface area (Å²) < 4.78 is 2.50. The first-order chi connectivity index (χ1) is 24.2. The maximum Gasteiger partial charge on any atom is 0.215 e. The fourth-order valence-corrected chi connectivity index (χ4v) is 8.22. The average Bonchev–Trinajstić information content (AvgIpc) is 3.68. The zero-order chi connectivity index (χ0) is 32.1. The number of rotatable bonds is 3. The summed E-state index contributed by atoms with van der Waals surface area (Å²) in [5.74, 6) is 0. The Hall–Kier alpha value is -6.29. The van der Waals surface area contributed by atoms with Crippen molar-refractivity contribution >= 4 is 60.4 Å². The van der Waals surface area contributed by atoms with Crippen molar-refractivity contribution in [3.63, 3.8) is 0 Å². The van der Waals surface area contributed by atoms with Crippen LogP contribution < -0.4 is 5.32 Å². The molecule has 0 saturated carbocycles. The Kier molecular flexibility index (Phi) is 5.52. The highest BCUT2D eigenvalue weighted by Gasteiger charge is 2.38. The summed E-state index contributed by atoms with van der Waals surface area (Å²) >= 11 is 0. The van der Waals surface area contributed by atoms with Gasteiger partial charge in [-0.15, -0.1) is 0 Å². The molecule has 3 heterocycles. The first kappa shape index (κ1) is 26.7. The van der Waals surface area contributed by atoms with Gasteiger partial charge in [0.15, 0.2) is 5.69 Å². The minimum absolute atomic E-state index is 0.109. The monoisotopic (exact) mass is 624 g/mol. The van der Waals surface area contributed by atoms with Crippen molar-refractivity contribution in [2.45, 2.75) is 6.17 Å². The van der Waals surface area contributed by atoms with Crippen LogP contribution in [0, 0.1) is 0 Å². The van der Waals surface area contributed by atoms with Gasteiger partial charge in [0.2, 0.25) is 6.17 Å². The molecule has 3 nitrogen and oxygen atoms in total. The number of quaternary nitrogens is 1. The third-order valence-electron chi connectivity index (χ3n) is 10.6. The number of aromatic nitrogens is 1. The topological polar surface area (TPSA) is 33.9 Å². The molecule has 0 radical (unpaired) electrons. The van der Waals surface area contributed by atoms with Crippen LogP contribution in [-0.4, -0.2) is 10.3 Å². The normalized spacial score (nSPS) is 14.8. The van der Waals surface area contributed by atoms with Gasteiger partial charge in [0.25, 0.3) is 0 Å². The Morgan fingerprint density at radius 2 is 1.04 bits per heavy atom. The van der Waals surface area contributed by atoms with Gasteiger partial charge in [-0.05, 0) is 97.4 Å². The molecule has 2 aliphatic rings. The predicted octanol–water partition coefficient (Wildman–Crippen LogP) is 10.9. The van der Waals surface area contributed by atoms with Crippen LogP contribution in [0.4, 0.5) is 11.4 Å². The molecule has 2 aliphatic heterocycles. The molecule has 9 aromatic rings. The van der Waals surface area contributed by atoms with Gasteiger partial charge in [0.05, 0.1) is 11.0 Å². The molecule has 11 rings (SSSR count). The maximum atomic E-state index is 5.14. The Balaban J connectivity index is 0.959. The van der Waals surface area contributed by atoms with Gasteiger partial charge in [-0.2, -0.15) is 0 Å². The van der Waals surface area contributed by atoms with Crippen LogP contribution in [0.15, 0.2) is 169 Å². The first-order valence-electron chi connectivity index (χ1n) is 17.0. The first-order valence-corrected chi connectivity index (χ1v) is 17.0. The van der Waals surface area contributed by atoms with Crippen LogP contribution in [-0.2, 0) is 0 Å². The molecule has 1 aromatic heterocycles. The highest BCUT2D eigenvalue weighted by Crippen LogP contribution is 2.43. The summed E-state index contributed by atoms with van der Waals surface area (Å²) in [6, 6.07) is 60.0. The second-order valence-electron chi connectivity index (χ2n) is 13.4. The summed E-state index contributed by atoms with van der Waals surface area (Å²) in [4.78, 5) is 5.14. The summed E-state index contributed by atoms with van der Waals surface area (Å²) in [5, 5.41) is 9.99. The maximum absolute atomic E-state index is 5.14. The van der Waals surface area contributed by atoms with E-state index in [1.54, 1.807) is 0 Å². The Labute approximate surface area is 283 Å². The lowest BCUT2D eigenvalue weighted by Crippen LogP contribution is -2.82. The van der Waals surface area contributed by atoms with Crippen molar-refractivity contribution in [3.8, 4) is 33.4 Å². The molecule has 0 spiro atoms. The van der Waals surface area contributed by atoms with Gasteiger partial charge in [-0.25, -0.2) is 4.99 Å². The van der Waals surface area contributed by atoms with Crippen molar-refractivity contribution in [1.29, 1.82) is 0 Å². The van der Waals surface area contributed by atoms with Gasteiger partial charge in [0, 0.05) is 22.4 Å². The molecule has 0 amide bonds. The van der Waals surface area contributed by atoms with Gasteiger partial charge < -0.3 is 0 Å². The van der Waals surface area contributed by atoms with Gasteiger partial charge >= 0.3 is 0 Å². The molecule has 1 atom stereocenters. The highest BCUT2D eigenvalue weighted by molar-refractivity contribution is 6.23. The zero-order valence-corrected chi connectivity index (χ0v) is 26.6. The van der Waals surface area contributed by atoms with Crippen molar-refractivity contribution in [1.82, 2.24) is 4.57 Å². The smallest absolute Gasteiger partial charge is 0.215 e. The van der Waals surface area contributed by atoms with Crippen LogP contribution in [0.25, 0.3) is 76.7 Å². The van der Waals surface area contributed by atoms with Crippen LogP contribution in [0.3, 0.4) is 0 Å². The van der Waals surface area contributed by atoms with E-state index in [2.05, 4.69) is 174 Å². The number of para-hydroxylation sites is 3. The van der Waals surface area contributed by atoms with E-state index < -0.39 is 0 Å². The molecule has 3 heteroatoms. The van der Waals surface area contributed by atoms with Gasteiger partial charge in [-0.3, -0.25) is 9.88 Å². The quantitative estimate of drug-likeness (QED) is 0.190. The standard InChI is InChI=1S/C46H29N3/c1-2-8-29-23-33(16-15-28(29)7-1)35-20-19-34-25-32(17-18-36(34)26-35)30-9-5-10-31(24-30)37-21-22-43-40(27-37)38-11-6-12-39-44-46(49(43)45(38)39)48-42-14-4-3-13-41(42)47-44/h1-27,46,48H/p+1. The van der Waals surface area contributed by atoms with E-state index in [1.165, 1.54) is 88.0 Å². The molecule has 0 aliphatic carbocycles. The lowest BCUT2D eigenvalue weighted by molar-refractivity contribution is -0.614. The average molecular weight is 625 g/mol. The number of nitrogens with zero attached hydrogens (tertiary/aromatic N) is 2. The molecule has 1 unspecified atom stereocenters. The van der Waals surface area contributed by atoms with E-state index in [9.17, 15) is 0 Å². The number of benzene rings is 8. The number of hydrogen-bond acceptors (Lipinski definition) is 1.